The van der Waals surface area contributed by atoms with Crippen LogP contribution >= 0.6 is 0 Å². The van der Waals surface area contributed by atoms with Crippen molar-refractivity contribution in [2.24, 2.45) is 7.05 Å². The summed E-state index contributed by atoms with van der Waals surface area (Å²) < 4.78 is 1.62. The summed E-state index contributed by atoms with van der Waals surface area (Å²) in [5, 5.41) is 4.03. The number of hydrogen-bond acceptors (Lipinski definition) is 3. The maximum Gasteiger partial charge on any atom is 0.248 e. The predicted octanol–water partition coefficient (Wildman–Crippen LogP) is 0.896. The van der Waals surface area contributed by atoms with Gasteiger partial charge in [0.05, 0.1) is 5.69 Å². The normalized spacial score (nSPS) is 10.4. The predicted molar refractivity (Wildman–Crippen MR) is 59.4 cm³/mol. The van der Waals surface area contributed by atoms with E-state index in [1.807, 2.05) is 6.92 Å². The molecule has 2 rings (SSSR count). The molecule has 0 saturated heterocycles. The average Bonchev–Trinajstić information content (AvgIpc) is 2.60. The molecule has 0 aliphatic carbocycles. The number of aromatic nitrogens is 3. The fourth-order valence-corrected chi connectivity index (χ4v) is 1.65. The molecule has 0 saturated carbocycles. The van der Waals surface area contributed by atoms with Crippen LogP contribution in [0.25, 0.3) is 11.3 Å². The number of rotatable bonds is 2. The monoisotopic (exact) mass is 217 g/mol. The Labute approximate surface area is 91.7 Å². The average molecular weight is 217 g/mol. The minimum absolute atomic E-state index is 0.140. The van der Waals surface area contributed by atoms with Crippen molar-refractivity contribution < 1.29 is 4.79 Å². The van der Waals surface area contributed by atoms with Crippen molar-refractivity contribution in [3.8, 4) is 11.3 Å². The SMILES string of the molecule is Cc1cc(=O)[nH]cc1-c1cc(C=O)nn1C. The molecule has 0 radical (unpaired) electrons. The van der Waals surface area contributed by atoms with E-state index >= 15 is 0 Å². The first-order valence-electron chi connectivity index (χ1n) is 4.80. The van der Waals surface area contributed by atoms with Crippen LogP contribution in [0, 0.1) is 6.92 Å². The molecule has 0 fully saturated rings. The largest absolute Gasteiger partial charge is 0.328 e. The van der Waals surface area contributed by atoms with E-state index in [9.17, 15) is 9.59 Å². The molecule has 16 heavy (non-hydrogen) atoms. The number of H-pyrrole nitrogens is 1. The maximum atomic E-state index is 11.1. The van der Waals surface area contributed by atoms with E-state index < -0.39 is 0 Å². The van der Waals surface area contributed by atoms with Crippen LogP contribution in [-0.2, 0) is 7.05 Å². The van der Waals surface area contributed by atoms with Gasteiger partial charge in [-0.2, -0.15) is 5.10 Å². The Morgan fingerprint density at radius 3 is 2.75 bits per heavy atom. The minimum atomic E-state index is -0.140. The Bertz CT molecular complexity index is 596. The molecule has 0 amide bonds. The molecule has 0 spiro atoms. The lowest BCUT2D eigenvalue weighted by molar-refractivity contribution is 0.111. The van der Waals surface area contributed by atoms with Crippen molar-refractivity contribution in [2.45, 2.75) is 6.92 Å². The van der Waals surface area contributed by atoms with Crippen LogP contribution in [0.4, 0.5) is 0 Å². The summed E-state index contributed by atoms with van der Waals surface area (Å²) in [4.78, 5) is 24.3. The molecule has 0 atom stereocenters. The number of pyridine rings is 1. The van der Waals surface area contributed by atoms with Crippen LogP contribution in [0.2, 0.25) is 0 Å². The minimum Gasteiger partial charge on any atom is -0.328 e. The molecule has 82 valence electrons. The number of aldehydes is 1. The van der Waals surface area contributed by atoms with Crippen molar-refractivity contribution in [3.05, 3.63) is 39.9 Å². The molecule has 0 unspecified atom stereocenters. The van der Waals surface area contributed by atoms with Crippen molar-refractivity contribution in [1.82, 2.24) is 14.8 Å². The lowest BCUT2D eigenvalue weighted by Gasteiger charge is -2.04. The van der Waals surface area contributed by atoms with E-state index in [0.717, 1.165) is 16.8 Å². The fraction of sp³-hybridized carbons (Fsp3) is 0.182. The van der Waals surface area contributed by atoms with E-state index in [0.29, 0.717) is 12.0 Å². The first-order valence-corrected chi connectivity index (χ1v) is 4.80. The van der Waals surface area contributed by atoms with Crippen LogP contribution < -0.4 is 5.56 Å². The van der Waals surface area contributed by atoms with Gasteiger partial charge < -0.3 is 4.98 Å². The summed E-state index contributed by atoms with van der Waals surface area (Å²) in [5.41, 5.74) is 2.75. The molecule has 5 heteroatoms. The van der Waals surface area contributed by atoms with Gasteiger partial charge in [-0.25, -0.2) is 0 Å². The Balaban J connectivity index is 2.62. The zero-order chi connectivity index (χ0) is 11.7. The molecule has 0 aliphatic heterocycles. The summed E-state index contributed by atoms with van der Waals surface area (Å²) in [6, 6.07) is 3.20. The van der Waals surface area contributed by atoms with Crippen molar-refractivity contribution in [2.75, 3.05) is 0 Å². The highest BCUT2D eigenvalue weighted by molar-refractivity contribution is 5.76. The quantitative estimate of drug-likeness (QED) is 0.760. The summed E-state index contributed by atoms with van der Waals surface area (Å²) in [7, 11) is 1.76. The van der Waals surface area contributed by atoms with Crippen LogP contribution in [0.3, 0.4) is 0 Å². The standard InChI is InChI=1S/C11H11N3O2/c1-7-3-11(16)12-5-9(7)10-4-8(6-15)13-14(10)2/h3-6H,1-2H3,(H,12,16). The number of carbonyl (C=O) groups excluding carboxylic acids is 1. The number of hydrogen-bond donors (Lipinski definition) is 1. The van der Waals surface area contributed by atoms with Gasteiger partial charge in [0.1, 0.15) is 5.69 Å². The third kappa shape index (κ3) is 1.67. The van der Waals surface area contributed by atoms with E-state index in [-0.39, 0.29) is 5.56 Å². The Hall–Kier alpha value is -2.17. The molecule has 1 N–H and O–H groups in total. The third-order valence-corrected chi connectivity index (χ3v) is 2.43. The number of carbonyl (C=O) groups is 1. The highest BCUT2D eigenvalue weighted by Gasteiger charge is 2.09. The Morgan fingerprint density at radius 2 is 2.19 bits per heavy atom. The fourth-order valence-electron chi connectivity index (χ4n) is 1.65. The van der Waals surface area contributed by atoms with Crippen LogP contribution in [-0.4, -0.2) is 21.1 Å². The molecule has 5 nitrogen and oxygen atoms in total. The van der Waals surface area contributed by atoms with Gasteiger partial charge in [-0.15, -0.1) is 0 Å². The summed E-state index contributed by atoms with van der Waals surface area (Å²) in [5.74, 6) is 0. The molecule has 2 aromatic heterocycles. The highest BCUT2D eigenvalue weighted by Crippen LogP contribution is 2.20. The number of nitrogens with one attached hydrogen (secondary N) is 1. The van der Waals surface area contributed by atoms with Crippen LogP contribution in [0.15, 0.2) is 23.1 Å². The summed E-state index contributed by atoms with van der Waals surface area (Å²) in [6.07, 6.45) is 2.33. The van der Waals surface area contributed by atoms with E-state index in [1.54, 1.807) is 24.0 Å². The van der Waals surface area contributed by atoms with E-state index in [2.05, 4.69) is 10.1 Å². The van der Waals surface area contributed by atoms with E-state index in [4.69, 9.17) is 0 Å². The van der Waals surface area contributed by atoms with Crippen molar-refractivity contribution in [1.29, 1.82) is 0 Å². The first-order chi connectivity index (χ1) is 7.61. The van der Waals surface area contributed by atoms with Crippen molar-refractivity contribution in [3.63, 3.8) is 0 Å². The van der Waals surface area contributed by atoms with Gasteiger partial charge in [0, 0.05) is 24.9 Å². The molecular formula is C11H11N3O2. The van der Waals surface area contributed by atoms with Crippen LogP contribution in [0.1, 0.15) is 16.1 Å². The molecular weight excluding hydrogens is 206 g/mol. The van der Waals surface area contributed by atoms with Gasteiger partial charge in [0.15, 0.2) is 6.29 Å². The van der Waals surface area contributed by atoms with Gasteiger partial charge in [-0.05, 0) is 18.6 Å². The third-order valence-electron chi connectivity index (χ3n) is 2.43. The van der Waals surface area contributed by atoms with Crippen molar-refractivity contribution >= 4 is 6.29 Å². The second-order valence-electron chi connectivity index (χ2n) is 3.59. The second kappa shape index (κ2) is 3.77. The summed E-state index contributed by atoms with van der Waals surface area (Å²) >= 11 is 0. The number of aromatic amines is 1. The second-order valence-corrected chi connectivity index (χ2v) is 3.59. The molecule has 0 aliphatic rings. The van der Waals surface area contributed by atoms with Gasteiger partial charge in [-0.1, -0.05) is 0 Å². The van der Waals surface area contributed by atoms with E-state index in [1.165, 1.54) is 6.07 Å². The zero-order valence-electron chi connectivity index (χ0n) is 9.02. The Kier molecular flexibility index (Phi) is 2.44. The molecule has 2 aromatic rings. The number of nitrogens with zero attached hydrogens (tertiary/aromatic N) is 2. The molecule has 0 bridgehead atoms. The Morgan fingerprint density at radius 1 is 1.44 bits per heavy atom. The van der Waals surface area contributed by atoms with Gasteiger partial charge in [-0.3, -0.25) is 14.3 Å². The van der Waals surface area contributed by atoms with Gasteiger partial charge >= 0.3 is 0 Å². The maximum absolute atomic E-state index is 11.1. The molecule has 2 heterocycles. The topological polar surface area (TPSA) is 67.8 Å². The molecule has 0 aromatic carbocycles. The number of aryl methyl sites for hydroxylation is 2. The van der Waals surface area contributed by atoms with Crippen LogP contribution in [0.5, 0.6) is 0 Å². The lowest BCUT2D eigenvalue weighted by Crippen LogP contribution is -2.05. The van der Waals surface area contributed by atoms with Gasteiger partial charge in [0.25, 0.3) is 0 Å². The zero-order valence-corrected chi connectivity index (χ0v) is 9.02. The lowest BCUT2D eigenvalue weighted by atomic mass is 10.1. The summed E-state index contributed by atoms with van der Waals surface area (Å²) in [6.45, 7) is 1.85. The highest BCUT2D eigenvalue weighted by atomic mass is 16.1. The van der Waals surface area contributed by atoms with Gasteiger partial charge in [0.2, 0.25) is 5.56 Å². The smallest absolute Gasteiger partial charge is 0.248 e. The first kappa shape index (κ1) is 10.4.